The van der Waals surface area contributed by atoms with Crippen LogP contribution < -0.4 is 5.32 Å². The smallest absolute Gasteiger partial charge is 0.411 e. The number of amides is 1. The van der Waals surface area contributed by atoms with Gasteiger partial charge in [-0.2, -0.15) is 0 Å². The molecule has 0 saturated heterocycles. The van der Waals surface area contributed by atoms with Crippen molar-refractivity contribution in [2.24, 2.45) is 0 Å². The molecule has 0 radical (unpaired) electrons. The number of nitrogens with one attached hydrogen (secondary N) is 2. The van der Waals surface area contributed by atoms with Crippen molar-refractivity contribution in [2.75, 3.05) is 5.32 Å². The lowest BCUT2D eigenvalue weighted by atomic mass is 10.3. The summed E-state index contributed by atoms with van der Waals surface area (Å²) in [4.78, 5) is 14.0. The first-order valence-corrected chi connectivity index (χ1v) is 6.54. The van der Waals surface area contributed by atoms with Crippen LogP contribution >= 0.6 is 10.2 Å². The molecule has 2 rings (SSSR count). The Labute approximate surface area is 102 Å². The van der Waals surface area contributed by atoms with Crippen LogP contribution in [0.4, 0.5) is 30.2 Å². The highest BCUT2D eigenvalue weighted by molar-refractivity contribution is 8.45. The van der Waals surface area contributed by atoms with Crippen molar-refractivity contribution in [3.8, 4) is 0 Å². The summed E-state index contributed by atoms with van der Waals surface area (Å²) in [7, 11) is -9.76. The van der Waals surface area contributed by atoms with Crippen LogP contribution in [0.3, 0.4) is 0 Å². The standard InChI is InChI=1S/C8H6F5N3O2S/c9-19(10,11,12,13)4-1-2-5-6(3-4)15-7(14-5)16-8(17)18/h1-3H,(H,17,18)(H2,14,15,16). The lowest BCUT2D eigenvalue weighted by Gasteiger charge is -2.40. The molecular weight excluding hydrogens is 297 g/mol. The molecule has 0 atom stereocenters. The van der Waals surface area contributed by atoms with E-state index in [9.17, 15) is 24.2 Å². The minimum absolute atomic E-state index is 0.0747. The third kappa shape index (κ3) is 2.86. The molecule has 0 fully saturated rings. The second kappa shape index (κ2) is 3.10. The van der Waals surface area contributed by atoms with Gasteiger partial charge in [0.1, 0.15) is 4.90 Å². The molecule has 0 bridgehead atoms. The first-order valence-electron chi connectivity index (χ1n) is 4.59. The number of H-pyrrole nitrogens is 1. The highest BCUT2D eigenvalue weighted by atomic mass is 32.5. The number of nitrogens with zero attached hydrogens (tertiary/aromatic N) is 1. The van der Waals surface area contributed by atoms with Crippen molar-refractivity contribution < 1.29 is 29.3 Å². The maximum Gasteiger partial charge on any atom is 0.411 e. The summed E-state index contributed by atoms with van der Waals surface area (Å²) < 4.78 is 62.7. The van der Waals surface area contributed by atoms with Crippen molar-refractivity contribution in [1.29, 1.82) is 0 Å². The summed E-state index contributed by atoms with van der Waals surface area (Å²) in [5.74, 6) is -0.359. The first kappa shape index (κ1) is 13.4. The van der Waals surface area contributed by atoms with Crippen LogP contribution in [-0.4, -0.2) is 21.2 Å². The van der Waals surface area contributed by atoms with E-state index in [1.54, 1.807) is 5.32 Å². The molecule has 1 aromatic heterocycles. The minimum Gasteiger partial charge on any atom is -0.465 e. The number of hydrogen-bond donors (Lipinski definition) is 3. The molecule has 1 amide bonds. The average Bonchev–Trinajstić information content (AvgIpc) is 2.53. The Hall–Kier alpha value is -2.04. The average molecular weight is 303 g/mol. The van der Waals surface area contributed by atoms with E-state index in [-0.39, 0.29) is 29.1 Å². The number of carbonyl (C=O) groups is 1. The summed E-state index contributed by atoms with van der Waals surface area (Å²) in [5.41, 5.74) is -0.427. The molecule has 5 nitrogen and oxygen atoms in total. The number of aromatic amines is 1. The molecule has 1 heterocycles. The number of benzene rings is 1. The van der Waals surface area contributed by atoms with E-state index in [0.717, 1.165) is 6.07 Å². The maximum atomic E-state index is 12.5. The Balaban J connectivity index is 2.57. The zero-order valence-electron chi connectivity index (χ0n) is 8.83. The van der Waals surface area contributed by atoms with E-state index in [2.05, 4.69) is 9.97 Å². The second-order valence-corrected chi connectivity index (χ2v) is 6.07. The van der Waals surface area contributed by atoms with Gasteiger partial charge in [0.25, 0.3) is 0 Å². The van der Waals surface area contributed by atoms with Crippen LogP contribution in [0.15, 0.2) is 23.1 Å². The molecular formula is C8H6F5N3O2S. The van der Waals surface area contributed by atoms with Gasteiger partial charge >= 0.3 is 16.3 Å². The summed E-state index contributed by atoms with van der Waals surface area (Å²) in [5, 5.41) is 10.2. The Morgan fingerprint density at radius 3 is 2.42 bits per heavy atom. The third-order valence-electron chi connectivity index (χ3n) is 2.12. The van der Waals surface area contributed by atoms with Crippen molar-refractivity contribution in [1.82, 2.24) is 9.97 Å². The number of fused-ring (bicyclic) bond motifs is 1. The number of aromatic nitrogens is 2. The molecule has 2 aromatic rings. The van der Waals surface area contributed by atoms with Crippen molar-refractivity contribution in [3.63, 3.8) is 0 Å². The Morgan fingerprint density at radius 1 is 1.26 bits per heavy atom. The van der Waals surface area contributed by atoms with Gasteiger partial charge in [-0.15, -0.1) is 0 Å². The molecule has 0 aliphatic carbocycles. The second-order valence-electron chi connectivity index (χ2n) is 3.66. The SMILES string of the molecule is O=C(O)Nc1nc2ccc(S(F)(F)(F)(F)F)cc2[nH]1. The first-order chi connectivity index (χ1) is 8.35. The Morgan fingerprint density at radius 2 is 1.89 bits per heavy atom. The largest absolute Gasteiger partial charge is 0.465 e. The van der Waals surface area contributed by atoms with Gasteiger partial charge in [-0.25, -0.2) is 9.78 Å². The van der Waals surface area contributed by atoms with Gasteiger partial charge in [-0.05, 0) is 18.2 Å². The molecule has 0 unspecified atom stereocenters. The molecule has 0 saturated carbocycles. The third-order valence-corrected chi connectivity index (χ3v) is 3.27. The Bertz CT molecular complexity index is 681. The molecule has 19 heavy (non-hydrogen) atoms. The van der Waals surface area contributed by atoms with Crippen LogP contribution in [0.25, 0.3) is 11.0 Å². The van der Waals surface area contributed by atoms with Gasteiger partial charge < -0.3 is 10.1 Å². The van der Waals surface area contributed by atoms with Crippen molar-refractivity contribution in [2.45, 2.75) is 4.90 Å². The number of imidazole rings is 1. The number of halogens is 5. The Kier molecular flexibility index (Phi) is 2.18. The molecule has 1 aromatic carbocycles. The summed E-state index contributed by atoms with van der Waals surface area (Å²) in [6.07, 6.45) is -1.49. The fourth-order valence-corrected chi connectivity index (χ4v) is 2.05. The topological polar surface area (TPSA) is 78.0 Å². The van der Waals surface area contributed by atoms with Gasteiger partial charge in [-0.3, -0.25) is 5.32 Å². The van der Waals surface area contributed by atoms with E-state index in [4.69, 9.17) is 5.11 Å². The monoisotopic (exact) mass is 303 g/mol. The predicted molar refractivity (Wildman–Crippen MR) is 59.1 cm³/mol. The van der Waals surface area contributed by atoms with Gasteiger partial charge in [0.15, 0.2) is 0 Å². The fourth-order valence-electron chi connectivity index (χ4n) is 1.39. The zero-order valence-corrected chi connectivity index (χ0v) is 9.65. The normalized spacial score (nSPS) is 15.8. The van der Waals surface area contributed by atoms with Gasteiger partial charge in [0, 0.05) is 0 Å². The van der Waals surface area contributed by atoms with E-state index < -0.39 is 21.2 Å². The molecule has 0 spiro atoms. The van der Waals surface area contributed by atoms with E-state index in [1.807, 2.05) is 0 Å². The summed E-state index contributed by atoms with van der Waals surface area (Å²) >= 11 is 0. The molecule has 0 aliphatic rings. The van der Waals surface area contributed by atoms with Crippen LogP contribution in [0.1, 0.15) is 0 Å². The van der Waals surface area contributed by atoms with Crippen LogP contribution in [0.5, 0.6) is 0 Å². The number of rotatable bonds is 2. The lowest BCUT2D eigenvalue weighted by Crippen LogP contribution is -2.08. The van der Waals surface area contributed by atoms with Gasteiger partial charge in [-0.1, -0.05) is 19.4 Å². The predicted octanol–water partition coefficient (Wildman–Crippen LogP) is 4.31. The van der Waals surface area contributed by atoms with Crippen LogP contribution in [-0.2, 0) is 0 Å². The summed E-state index contributed by atoms with van der Waals surface area (Å²) in [6, 6.07) is 1.12. The minimum atomic E-state index is -9.76. The molecule has 11 heteroatoms. The van der Waals surface area contributed by atoms with E-state index in [0.29, 0.717) is 0 Å². The fraction of sp³-hybridized carbons (Fsp3) is 0. The van der Waals surface area contributed by atoms with E-state index in [1.165, 1.54) is 0 Å². The maximum absolute atomic E-state index is 12.5. The van der Waals surface area contributed by atoms with Crippen molar-refractivity contribution in [3.05, 3.63) is 18.2 Å². The highest BCUT2D eigenvalue weighted by Gasteiger charge is 2.65. The number of hydrogen-bond acceptors (Lipinski definition) is 2. The molecule has 106 valence electrons. The zero-order chi connectivity index (χ0) is 14.5. The lowest BCUT2D eigenvalue weighted by molar-refractivity contribution is 0.209. The van der Waals surface area contributed by atoms with Crippen molar-refractivity contribution >= 4 is 33.3 Å². The number of carboxylic acid groups (broad SMARTS) is 1. The summed E-state index contributed by atoms with van der Waals surface area (Å²) in [6.45, 7) is 0. The number of anilines is 1. The van der Waals surface area contributed by atoms with Gasteiger partial charge in [0.05, 0.1) is 11.0 Å². The highest BCUT2D eigenvalue weighted by Crippen LogP contribution is 3.02. The van der Waals surface area contributed by atoms with Crippen LogP contribution in [0.2, 0.25) is 0 Å². The van der Waals surface area contributed by atoms with E-state index >= 15 is 0 Å². The molecule has 0 aliphatic heterocycles. The van der Waals surface area contributed by atoms with Crippen LogP contribution in [0, 0.1) is 0 Å². The quantitative estimate of drug-likeness (QED) is 0.723. The van der Waals surface area contributed by atoms with Gasteiger partial charge in [0.2, 0.25) is 5.95 Å². The molecule has 3 N–H and O–H groups in total.